The highest BCUT2D eigenvalue weighted by Gasteiger charge is 2.37. The van der Waals surface area contributed by atoms with Crippen LogP contribution in [-0.4, -0.2) is 22.7 Å². The fourth-order valence-electron chi connectivity index (χ4n) is 1.65. The molecule has 1 heterocycles. The molecule has 0 radical (unpaired) electrons. The van der Waals surface area contributed by atoms with E-state index in [2.05, 4.69) is 55.4 Å². The van der Waals surface area contributed by atoms with Crippen molar-refractivity contribution in [3.05, 3.63) is 29.8 Å². The van der Waals surface area contributed by atoms with Crippen molar-refractivity contribution in [1.82, 2.24) is 10.3 Å². The first kappa shape index (κ1) is 11.4. The van der Waals surface area contributed by atoms with Gasteiger partial charge in [0.15, 0.2) is 5.11 Å². The van der Waals surface area contributed by atoms with Gasteiger partial charge in [0.2, 0.25) is 0 Å². The zero-order valence-electron chi connectivity index (χ0n) is 10.1. The average molecular weight is 235 g/mol. The average Bonchev–Trinajstić information content (AvgIpc) is 2.44. The summed E-state index contributed by atoms with van der Waals surface area (Å²) in [7, 11) is 2.00. The Kier molecular flexibility index (Phi) is 2.64. The maximum atomic E-state index is 5.42. The van der Waals surface area contributed by atoms with Gasteiger partial charge >= 0.3 is 0 Å². The van der Waals surface area contributed by atoms with Gasteiger partial charge in [-0.2, -0.15) is 0 Å². The number of anilines is 1. The molecule has 16 heavy (non-hydrogen) atoms. The quantitative estimate of drug-likeness (QED) is 0.752. The molecule has 86 valence electrons. The van der Waals surface area contributed by atoms with Gasteiger partial charge in [0.1, 0.15) is 5.66 Å². The van der Waals surface area contributed by atoms with Crippen LogP contribution < -0.4 is 10.4 Å². The molecule has 0 aromatic heterocycles. The lowest BCUT2D eigenvalue weighted by molar-refractivity contribution is 0.247. The Morgan fingerprint density at radius 1 is 1.19 bits per heavy atom. The molecule has 3 nitrogen and oxygen atoms in total. The Morgan fingerprint density at radius 3 is 2.19 bits per heavy atom. The number of hydrazine groups is 1. The van der Waals surface area contributed by atoms with E-state index in [0.717, 1.165) is 10.8 Å². The van der Waals surface area contributed by atoms with Crippen LogP contribution in [0.1, 0.15) is 19.4 Å². The molecular weight excluding hydrogens is 218 g/mol. The van der Waals surface area contributed by atoms with Crippen LogP contribution in [0.4, 0.5) is 5.69 Å². The zero-order chi connectivity index (χ0) is 11.9. The Labute approximate surface area is 102 Å². The second-order valence-electron chi connectivity index (χ2n) is 4.68. The molecule has 1 N–H and O–H groups in total. The molecule has 2 rings (SSSR count). The summed E-state index contributed by atoms with van der Waals surface area (Å²) in [6.07, 6.45) is 0. The van der Waals surface area contributed by atoms with Crippen LogP contribution in [0, 0.1) is 6.92 Å². The van der Waals surface area contributed by atoms with E-state index < -0.39 is 0 Å². The third kappa shape index (κ3) is 1.79. The van der Waals surface area contributed by atoms with Crippen LogP contribution in [-0.2, 0) is 0 Å². The molecule has 0 spiro atoms. The lowest BCUT2D eigenvalue weighted by Crippen LogP contribution is -2.46. The Balaban J connectivity index is 2.30. The van der Waals surface area contributed by atoms with Crippen molar-refractivity contribution in [3.8, 4) is 0 Å². The minimum atomic E-state index is -0.137. The summed E-state index contributed by atoms with van der Waals surface area (Å²) < 4.78 is 0. The number of nitrogens with zero attached hydrogens (tertiary/aromatic N) is 2. The van der Waals surface area contributed by atoms with E-state index in [-0.39, 0.29) is 5.66 Å². The Hall–Kier alpha value is -1.13. The number of benzene rings is 1. The topological polar surface area (TPSA) is 18.5 Å². The molecule has 1 aromatic rings. The number of hydrogen-bond acceptors (Lipinski definition) is 2. The van der Waals surface area contributed by atoms with Crippen LogP contribution in [0.2, 0.25) is 0 Å². The first-order chi connectivity index (χ1) is 7.42. The Morgan fingerprint density at radius 2 is 1.75 bits per heavy atom. The largest absolute Gasteiger partial charge is 0.331 e. The second kappa shape index (κ2) is 3.71. The fourth-order valence-corrected chi connectivity index (χ4v) is 2.03. The number of thiocarbonyl (C=S) groups is 1. The van der Waals surface area contributed by atoms with E-state index in [4.69, 9.17) is 12.2 Å². The predicted octanol–water partition coefficient (Wildman–Crippen LogP) is 2.27. The van der Waals surface area contributed by atoms with E-state index in [1.807, 2.05) is 12.1 Å². The normalized spacial score (nSPS) is 19.4. The van der Waals surface area contributed by atoms with Crippen molar-refractivity contribution in [1.29, 1.82) is 0 Å². The van der Waals surface area contributed by atoms with Gasteiger partial charge in [-0.25, -0.2) is 10.4 Å². The van der Waals surface area contributed by atoms with Gasteiger partial charge in [0, 0.05) is 7.05 Å². The smallest absolute Gasteiger partial charge is 0.192 e. The molecule has 4 heteroatoms. The summed E-state index contributed by atoms with van der Waals surface area (Å²) in [5.41, 5.74) is 5.57. The number of nitrogens with one attached hydrogen (secondary N) is 1. The summed E-state index contributed by atoms with van der Waals surface area (Å²) >= 11 is 5.42. The highest BCUT2D eigenvalue weighted by atomic mass is 32.1. The molecule has 1 aliphatic heterocycles. The van der Waals surface area contributed by atoms with Crippen molar-refractivity contribution in [2.24, 2.45) is 0 Å². The molecule has 0 atom stereocenters. The number of aryl methyl sites for hydroxylation is 1. The first-order valence-electron chi connectivity index (χ1n) is 5.34. The molecule has 0 saturated carbocycles. The van der Waals surface area contributed by atoms with Crippen molar-refractivity contribution >= 4 is 23.0 Å². The molecule has 1 aliphatic rings. The van der Waals surface area contributed by atoms with Gasteiger partial charge in [0.25, 0.3) is 0 Å². The molecule has 0 bridgehead atoms. The molecule has 0 unspecified atom stereocenters. The first-order valence-corrected chi connectivity index (χ1v) is 5.75. The molecule has 1 aromatic carbocycles. The second-order valence-corrected chi connectivity index (χ2v) is 5.05. The highest BCUT2D eigenvalue weighted by Crippen LogP contribution is 2.25. The van der Waals surface area contributed by atoms with Gasteiger partial charge < -0.3 is 4.90 Å². The minimum absolute atomic E-state index is 0.137. The van der Waals surface area contributed by atoms with E-state index in [1.165, 1.54) is 5.56 Å². The van der Waals surface area contributed by atoms with E-state index >= 15 is 0 Å². The fraction of sp³-hybridized carbons (Fsp3) is 0.417. The van der Waals surface area contributed by atoms with E-state index in [9.17, 15) is 0 Å². The SMILES string of the molecule is Cc1ccc(N2NC(C)(C)N(C)C2=S)cc1. The number of rotatable bonds is 1. The third-order valence-electron chi connectivity index (χ3n) is 2.99. The predicted molar refractivity (Wildman–Crippen MR) is 71.2 cm³/mol. The minimum Gasteiger partial charge on any atom is -0.331 e. The lowest BCUT2D eigenvalue weighted by Gasteiger charge is -2.26. The third-order valence-corrected chi connectivity index (χ3v) is 3.45. The van der Waals surface area contributed by atoms with Crippen LogP contribution >= 0.6 is 12.2 Å². The maximum Gasteiger partial charge on any atom is 0.192 e. The van der Waals surface area contributed by atoms with Crippen LogP contribution in [0.15, 0.2) is 24.3 Å². The van der Waals surface area contributed by atoms with E-state index in [1.54, 1.807) is 0 Å². The van der Waals surface area contributed by atoms with Gasteiger partial charge in [-0.3, -0.25) is 0 Å². The van der Waals surface area contributed by atoms with Crippen molar-refractivity contribution < 1.29 is 0 Å². The van der Waals surface area contributed by atoms with Crippen molar-refractivity contribution in [2.45, 2.75) is 26.4 Å². The van der Waals surface area contributed by atoms with Crippen molar-refractivity contribution in [2.75, 3.05) is 12.1 Å². The highest BCUT2D eigenvalue weighted by molar-refractivity contribution is 7.80. The van der Waals surface area contributed by atoms with Gasteiger partial charge in [-0.15, -0.1) is 0 Å². The molecule has 1 fully saturated rings. The van der Waals surface area contributed by atoms with Crippen LogP contribution in [0.25, 0.3) is 0 Å². The summed E-state index contributed by atoms with van der Waals surface area (Å²) in [5, 5.41) is 2.75. The van der Waals surface area contributed by atoms with Crippen molar-refractivity contribution in [3.63, 3.8) is 0 Å². The van der Waals surface area contributed by atoms with Crippen LogP contribution in [0.5, 0.6) is 0 Å². The molecule has 0 aliphatic carbocycles. The summed E-state index contributed by atoms with van der Waals surface area (Å²) in [6, 6.07) is 8.32. The monoisotopic (exact) mass is 235 g/mol. The van der Waals surface area contributed by atoms with Gasteiger partial charge in [-0.1, -0.05) is 17.7 Å². The number of hydrogen-bond donors (Lipinski definition) is 1. The summed E-state index contributed by atoms with van der Waals surface area (Å²) in [5.74, 6) is 0. The lowest BCUT2D eigenvalue weighted by atomic mass is 10.2. The molecule has 0 amide bonds. The van der Waals surface area contributed by atoms with Gasteiger partial charge in [0.05, 0.1) is 5.69 Å². The van der Waals surface area contributed by atoms with Crippen LogP contribution in [0.3, 0.4) is 0 Å². The summed E-state index contributed by atoms with van der Waals surface area (Å²) in [4.78, 5) is 2.06. The molecule has 1 saturated heterocycles. The standard InChI is InChI=1S/C12H17N3S/c1-9-5-7-10(8-6-9)15-11(16)14(4)12(2,3)13-15/h5-8,13H,1-4H3. The van der Waals surface area contributed by atoms with E-state index in [0.29, 0.717) is 0 Å². The Bertz CT molecular complexity index is 411. The van der Waals surface area contributed by atoms with Gasteiger partial charge in [-0.05, 0) is 45.1 Å². The summed E-state index contributed by atoms with van der Waals surface area (Å²) in [6.45, 7) is 6.29. The zero-order valence-corrected chi connectivity index (χ0v) is 10.9. The maximum absolute atomic E-state index is 5.42. The molecular formula is C12H17N3S.